The first-order chi connectivity index (χ1) is 24.3. The quantitative estimate of drug-likeness (QED) is 0.116. The Balaban J connectivity index is 1.89. The van der Waals surface area contributed by atoms with Crippen molar-refractivity contribution >= 4 is 31.3 Å². The first kappa shape index (κ1) is 40.0. The Morgan fingerprint density at radius 2 is 1.34 bits per heavy atom. The van der Waals surface area contributed by atoms with Gasteiger partial charge in [-0.25, -0.2) is 9.36 Å². The fraction of sp³-hybridized carbons (Fsp3) is 0.263. The Bertz CT molecular complexity index is 2090. The van der Waals surface area contributed by atoms with Gasteiger partial charge in [0.25, 0.3) is 0 Å². The molecule has 50 heavy (non-hydrogen) atoms. The molecule has 0 spiro atoms. The summed E-state index contributed by atoms with van der Waals surface area (Å²) in [5.74, 6) is 47.2. The highest BCUT2D eigenvalue weighted by atomic mass is 32.1. The first-order valence-electron chi connectivity index (χ1n) is 14.2. The molecule has 248 valence electrons. The molecule has 0 aromatic heterocycles. The molecule has 1 aromatic rings. The third-order valence-corrected chi connectivity index (χ3v) is 7.05. The highest BCUT2D eigenvalue weighted by Gasteiger charge is 2.48. The molecule has 1 aromatic carbocycles. The summed E-state index contributed by atoms with van der Waals surface area (Å²) in [5, 5.41) is 5.83. The number of hydrogen-bond donors (Lipinski definition) is 3. The fourth-order valence-corrected chi connectivity index (χ4v) is 4.74. The van der Waals surface area contributed by atoms with Gasteiger partial charge in [-0.15, -0.1) is 0 Å². The monoisotopic (exact) mass is 702 g/mol. The number of carbonyl (C=O) groups is 1. The zero-order valence-electron chi connectivity index (χ0n) is 27.0. The Labute approximate surface area is 298 Å². The molecule has 2 unspecified atom stereocenters. The molecule has 10 nitrogen and oxygen atoms in total. The molecule has 3 N–H and O–H groups in total. The van der Waals surface area contributed by atoms with Crippen LogP contribution in [0.2, 0.25) is 0 Å². The Kier molecular flexibility index (Phi) is 19.3. The van der Waals surface area contributed by atoms with Gasteiger partial charge < -0.3 is 24.4 Å². The Hall–Kier alpha value is -6.15. The standard InChI is InChI=1S/C38H27N2O8PS/c1-4-5-6-7-8-9-10-11-12-13-14-15-16-17-18-19-20-21-25-28-39-37(50)40-34-29-33(35(36(34)44-2)48-49(42,43)45-3)31-47-38(41)46-30-32-26-23-22-24-27-32/h22-24,26-27,33-36H,29-31H2,1-3H3,(H,42,43)(H2,39,40,50)/t33-,34+,35?,36-/m1/s1. The highest BCUT2D eigenvalue weighted by Crippen LogP contribution is 2.48. The summed E-state index contributed by atoms with van der Waals surface area (Å²) in [7, 11) is -2.00. The van der Waals surface area contributed by atoms with Crippen molar-refractivity contribution in [1.82, 2.24) is 10.6 Å². The lowest BCUT2D eigenvalue weighted by Gasteiger charge is -2.27. The summed E-state index contributed by atoms with van der Waals surface area (Å²) in [6, 6.07) is 11.1. The van der Waals surface area contributed by atoms with Crippen molar-refractivity contribution in [3.63, 3.8) is 0 Å². The zero-order chi connectivity index (χ0) is 36.3. The third-order valence-electron chi connectivity index (χ3n) is 5.86. The van der Waals surface area contributed by atoms with Crippen molar-refractivity contribution in [1.29, 1.82) is 0 Å². The number of ether oxygens (including phenoxy) is 3. The van der Waals surface area contributed by atoms with Crippen molar-refractivity contribution in [3.05, 3.63) is 35.9 Å². The summed E-state index contributed by atoms with van der Waals surface area (Å²) in [4.78, 5) is 22.2. The fourth-order valence-electron chi connectivity index (χ4n) is 3.86. The van der Waals surface area contributed by atoms with Crippen molar-refractivity contribution < 1.29 is 37.5 Å². The molecule has 1 fully saturated rings. The second-order valence-corrected chi connectivity index (χ2v) is 11.0. The van der Waals surface area contributed by atoms with Gasteiger partial charge in [0, 0.05) is 85.4 Å². The largest absolute Gasteiger partial charge is 0.508 e. The molecule has 1 aliphatic rings. The summed E-state index contributed by atoms with van der Waals surface area (Å²) in [6.07, 6.45) is -2.43. The molecule has 5 atom stereocenters. The van der Waals surface area contributed by atoms with E-state index in [2.05, 4.69) is 134 Å². The first-order valence-corrected chi connectivity index (χ1v) is 16.1. The number of hydrogen-bond acceptors (Lipinski definition) is 8. The smallest absolute Gasteiger partial charge is 0.434 e. The average Bonchev–Trinajstić information content (AvgIpc) is 3.43. The van der Waals surface area contributed by atoms with Gasteiger partial charge in [-0.1, -0.05) is 36.3 Å². The van der Waals surface area contributed by atoms with Crippen molar-refractivity contribution in [3.8, 4) is 119 Å². The second kappa shape index (κ2) is 24.1. The van der Waals surface area contributed by atoms with E-state index in [4.69, 9.17) is 31.0 Å². The maximum atomic E-state index is 12.3. The summed E-state index contributed by atoms with van der Waals surface area (Å²) < 4.78 is 38.2. The zero-order valence-corrected chi connectivity index (χ0v) is 28.7. The predicted octanol–water partition coefficient (Wildman–Crippen LogP) is 2.35. The van der Waals surface area contributed by atoms with Gasteiger partial charge in [-0.2, -0.15) is 0 Å². The van der Waals surface area contributed by atoms with Gasteiger partial charge in [-0.05, 0) is 78.5 Å². The number of carbonyl (C=O) groups excluding carboxylic acids is 1. The van der Waals surface area contributed by atoms with Crippen molar-refractivity contribution in [2.45, 2.75) is 38.2 Å². The number of methoxy groups -OCH3 is 1. The lowest BCUT2D eigenvalue weighted by molar-refractivity contribution is -0.0317. The normalized spacial score (nSPS) is 16.7. The lowest BCUT2D eigenvalue weighted by Crippen LogP contribution is -2.47. The number of rotatable bonds is 9. The number of thiocarbonyl (C=S) groups is 1. The number of nitrogens with one attached hydrogen (secondary N) is 2. The number of phosphoric acid groups is 1. The van der Waals surface area contributed by atoms with E-state index in [-0.39, 0.29) is 24.7 Å². The maximum absolute atomic E-state index is 12.3. The van der Waals surface area contributed by atoms with Crippen LogP contribution < -0.4 is 10.6 Å². The molecule has 0 saturated heterocycles. The highest BCUT2D eigenvalue weighted by molar-refractivity contribution is 7.80. The van der Waals surface area contributed by atoms with Crippen LogP contribution in [0.1, 0.15) is 18.9 Å². The van der Waals surface area contributed by atoms with Crippen LogP contribution in [0.25, 0.3) is 0 Å². The summed E-state index contributed by atoms with van der Waals surface area (Å²) in [5.41, 5.74) is 0.782. The maximum Gasteiger partial charge on any atom is 0.508 e. The van der Waals surface area contributed by atoms with Crippen LogP contribution in [-0.2, 0) is 34.4 Å². The van der Waals surface area contributed by atoms with E-state index >= 15 is 0 Å². The molecule has 12 heteroatoms. The predicted molar refractivity (Wildman–Crippen MR) is 189 cm³/mol. The van der Waals surface area contributed by atoms with Gasteiger partial charge in [0.05, 0.1) is 6.04 Å². The topological polar surface area (TPSA) is 125 Å². The molecule has 0 bridgehead atoms. The van der Waals surface area contributed by atoms with Gasteiger partial charge >= 0.3 is 14.0 Å². The molecule has 0 aliphatic heterocycles. The SMILES string of the molecule is CC#CC#CC#CC#CC#CC#CC#CC#CC#CC#CNC(=S)N[C@H]1C[C@H](COC(=O)OCc2ccccc2)C(OP(=O)(O)OC)[C@@H]1OC. The molecular weight excluding hydrogens is 675 g/mol. The molecule has 0 heterocycles. The van der Waals surface area contributed by atoms with Crippen molar-refractivity contribution in [2.75, 3.05) is 20.8 Å². The van der Waals surface area contributed by atoms with Crippen LogP contribution in [-0.4, -0.2) is 55.2 Å². The van der Waals surface area contributed by atoms with Crippen LogP contribution in [0.4, 0.5) is 4.79 Å². The molecule has 1 saturated carbocycles. The number of benzene rings is 1. The van der Waals surface area contributed by atoms with E-state index in [9.17, 15) is 14.3 Å². The van der Waals surface area contributed by atoms with Crippen LogP contribution in [0.3, 0.4) is 0 Å². The second-order valence-electron chi connectivity index (χ2n) is 9.08. The minimum atomic E-state index is -4.43. The molecule has 1 aliphatic carbocycles. The van der Waals surface area contributed by atoms with Crippen LogP contribution in [0.15, 0.2) is 30.3 Å². The average molecular weight is 703 g/mol. The molecule has 2 rings (SSSR count). The minimum Gasteiger partial charge on any atom is -0.434 e. The molecular formula is C38H27N2O8PS. The van der Waals surface area contributed by atoms with Gasteiger partial charge in [0.15, 0.2) is 5.11 Å². The lowest BCUT2D eigenvalue weighted by atomic mass is 10.1. The summed E-state index contributed by atoms with van der Waals surface area (Å²) in [6.45, 7) is 1.50. The summed E-state index contributed by atoms with van der Waals surface area (Å²) >= 11 is 5.32. The van der Waals surface area contributed by atoms with Crippen LogP contribution in [0.5, 0.6) is 0 Å². The molecule has 0 radical (unpaired) electrons. The van der Waals surface area contributed by atoms with E-state index in [1.54, 1.807) is 19.1 Å². The van der Waals surface area contributed by atoms with E-state index in [1.807, 2.05) is 18.2 Å². The van der Waals surface area contributed by atoms with E-state index < -0.39 is 38.1 Å². The van der Waals surface area contributed by atoms with Gasteiger partial charge in [0.2, 0.25) is 0 Å². The van der Waals surface area contributed by atoms with Crippen LogP contribution in [0, 0.1) is 124 Å². The Morgan fingerprint density at radius 3 is 1.84 bits per heavy atom. The van der Waals surface area contributed by atoms with Gasteiger partial charge in [-0.3, -0.25) is 14.4 Å². The Morgan fingerprint density at radius 1 is 0.820 bits per heavy atom. The van der Waals surface area contributed by atoms with Crippen LogP contribution >= 0.6 is 20.0 Å². The van der Waals surface area contributed by atoms with Gasteiger partial charge in [0.1, 0.15) is 25.4 Å². The van der Waals surface area contributed by atoms with E-state index in [0.717, 1.165) is 12.7 Å². The van der Waals surface area contributed by atoms with E-state index in [1.165, 1.54) is 7.11 Å². The number of phosphoric ester groups is 1. The molecule has 0 amide bonds. The minimum absolute atomic E-state index is 0.0184. The third kappa shape index (κ3) is 17.1. The van der Waals surface area contributed by atoms with Crippen molar-refractivity contribution in [2.24, 2.45) is 5.92 Å². The van der Waals surface area contributed by atoms with E-state index in [0.29, 0.717) is 0 Å².